The number of benzene rings is 2. The van der Waals surface area contributed by atoms with E-state index in [-0.39, 0.29) is 87.1 Å². The molecule has 1 aliphatic carbocycles. The van der Waals surface area contributed by atoms with E-state index in [9.17, 15) is 37.5 Å². The maximum absolute atomic E-state index is 13.5. The summed E-state index contributed by atoms with van der Waals surface area (Å²) in [4.78, 5) is 19.1. The van der Waals surface area contributed by atoms with Crippen molar-refractivity contribution in [2.75, 3.05) is 24.8 Å². The third-order valence-corrected chi connectivity index (χ3v) is 6.86. The van der Waals surface area contributed by atoms with E-state index in [1.54, 1.807) is 0 Å². The molecule has 3 N–H and O–H groups in total. The summed E-state index contributed by atoms with van der Waals surface area (Å²) in [5.41, 5.74) is -1.43. The first kappa shape index (κ1) is 38.3. The first-order chi connectivity index (χ1) is 18.2. The summed E-state index contributed by atoms with van der Waals surface area (Å²) in [5, 5.41) is 35.7. The molecule has 0 bridgehead atoms. The number of aromatic hydroxyl groups is 1. The number of nitro benzene ring substituents is 1. The molecule has 0 radical (unpaired) electrons. The molecule has 21 heteroatoms. The molecule has 0 heterocycles. The molecule has 0 fully saturated rings. The molecule has 2 atom stereocenters. The zero-order chi connectivity index (χ0) is 29.1. The van der Waals surface area contributed by atoms with Crippen molar-refractivity contribution in [1.29, 1.82) is 0 Å². The molecule has 2 unspecified atom stereocenters. The van der Waals surface area contributed by atoms with Gasteiger partial charge in [-0.15, -0.1) is 36.5 Å². The van der Waals surface area contributed by atoms with Gasteiger partial charge in [-0.1, -0.05) is 17.9 Å². The predicted octanol–water partition coefficient (Wildman–Crippen LogP) is -4.25. The molecule has 1 aliphatic rings. The fourth-order valence-electron chi connectivity index (χ4n) is 3.66. The van der Waals surface area contributed by atoms with Crippen LogP contribution in [0.15, 0.2) is 40.3 Å². The summed E-state index contributed by atoms with van der Waals surface area (Å²) in [5.74, 6) is -2.38. The van der Waals surface area contributed by atoms with Gasteiger partial charge in [0.15, 0.2) is 6.10 Å². The largest absolute Gasteiger partial charge is 1.00 e. The zero-order valence-electron chi connectivity index (χ0n) is 21.3. The van der Waals surface area contributed by atoms with Gasteiger partial charge in [-0.3, -0.25) is 24.3 Å². The third kappa shape index (κ3) is 9.88. The van der Waals surface area contributed by atoms with Gasteiger partial charge in [-0.25, -0.2) is 8.42 Å². The van der Waals surface area contributed by atoms with E-state index in [0.29, 0.717) is 0 Å². The van der Waals surface area contributed by atoms with Gasteiger partial charge in [0.05, 0.1) is 46.8 Å². The number of non-ortho nitro benzene ring substituents is 1. The van der Waals surface area contributed by atoms with Crippen molar-refractivity contribution in [1.82, 2.24) is 0 Å². The topological polar surface area (TPSA) is 244 Å². The Labute approximate surface area is 288 Å². The Balaban J connectivity index is 0.00000420. The van der Waals surface area contributed by atoms with E-state index in [0.717, 1.165) is 6.07 Å². The van der Waals surface area contributed by atoms with E-state index in [1.165, 1.54) is 24.3 Å². The second kappa shape index (κ2) is 15.8. The Morgan fingerprint density at radius 1 is 1.02 bits per heavy atom. The van der Waals surface area contributed by atoms with Crippen LogP contribution in [-0.2, 0) is 33.7 Å². The Hall–Kier alpha value is -0.740. The Bertz CT molecular complexity index is 1550. The maximum atomic E-state index is 13.5. The van der Waals surface area contributed by atoms with Crippen LogP contribution < -0.4 is 64.2 Å². The van der Waals surface area contributed by atoms with Crippen LogP contribution >= 0.6 is 23.2 Å². The van der Waals surface area contributed by atoms with E-state index < -0.39 is 85.7 Å². The minimum atomic E-state index is -5.13. The number of phenolic OH excluding ortho intramolecular Hbond substituents is 1. The molecule has 0 saturated carbocycles. The second-order valence-electron chi connectivity index (χ2n) is 7.77. The summed E-state index contributed by atoms with van der Waals surface area (Å²) in [6.45, 7) is -0.966. The van der Waals surface area contributed by atoms with Crippen LogP contribution in [0.1, 0.15) is 11.1 Å². The average Bonchev–Trinajstić information content (AvgIpc) is 2.85. The van der Waals surface area contributed by atoms with E-state index in [1.807, 2.05) is 0 Å². The fourth-order valence-corrected chi connectivity index (χ4v) is 5.07. The van der Waals surface area contributed by atoms with Crippen LogP contribution in [0.5, 0.6) is 11.5 Å². The van der Waals surface area contributed by atoms with E-state index in [2.05, 4.69) is 18.4 Å². The number of nitrogens with zero attached hydrogens (tertiary/aromatic N) is 3. The first-order valence-electron chi connectivity index (χ1n) is 10.5. The molecule has 0 aromatic heterocycles. The van der Waals surface area contributed by atoms with E-state index >= 15 is 0 Å². The summed E-state index contributed by atoms with van der Waals surface area (Å²) in [6.07, 6.45) is -0.206. The van der Waals surface area contributed by atoms with Gasteiger partial charge in [0.2, 0.25) is 10.4 Å². The van der Waals surface area contributed by atoms with Crippen molar-refractivity contribution >= 4 is 72.3 Å². The second-order valence-corrected chi connectivity index (χ2v) is 10.5. The minimum absolute atomic E-state index is 0. The molecule has 2 aromatic rings. The van der Waals surface area contributed by atoms with E-state index in [4.69, 9.17) is 32.3 Å². The molecular formula is C20H18Cl2N3Na2O12S2+. The van der Waals surface area contributed by atoms with Crippen molar-refractivity contribution in [2.45, 2.75) is 12.2 Å². The Morgan fingerprint density at radius 3 is 2.05 bits per heavy atom. The van der Waals surface area contributed by atoms with Crippen LogP contribution in [0, 0.1) is 10.1 Å². The molecule has 15 nitrogen and oxygen atoms in total. The van der Waals surface area contributed by atoms with Crippen LogP contribution in [0.2, 0.25) is 0 Å². The molecule has 0 saturated heterocycles. The van der Waals surface area contributed by atoms with Gasteiger partial charge in [0.25, 0.3) is 5.69 Å². The van der Waals surface area contributed by atoms with Crippen LogP contribution in [0.25, 0.3) is 10.8 Å². The molecule has 0 aliphatic heterocycles. The van der Waals surface area contributed by atoms with Gasteiger partial charge < -0.3 is 14.8 Å². The number of nitro groups is 1. The molecule has 3 rings (SSSR count). The molecule has 0 amide bonds. The molecule has 41 heavy (non-hydrogen) atoms. The molecular weight excluding hydrogens is 655 g/mol. The maximum Gasteiger partial charge on any atom is 1.00 e. The van der Waals surface area contributed by atoms with Gasteiger partial charge in [-0.2, -0.15) is 0 Å². The monoisotopic (exact) mass is 672 g/mol. The van der Waals surface area contributed by atoms with Crippen LogP contribution in [0.4, 0.5) is 5.69 Å². The number of hydrogen-bond donors (Lipinski definition) is 3. The normalized spacial score (nSPS) is 16.6. The van der Waals surface area contributed by atoms with Crippen molar-refractivity contribution < 1.29 is 109 Å². The number of aliphatic imine (C=N–C) groups is 2. The van der Waals surface area contributed by atoms with Crippen molar-refractivity contribution in [3.63, 3.8) is 0 Å². The standard InChI is InChI=1S/C20H19Cl2N3O12S2.2Na/c21-6-10(36-38(30,31)32)8-23-13-4-5-14(24-9-11(7-22)37-39(33,34)35)18-17(13)19(26)12-2-1-3-15(25(28)29)16(12)20(18)27;;/h1-5,10-11H,6-9H2,(H4-,23,24,26,27,30,31,32,33,34,35);;/q;2*+1/p-1. The van der Waals surface area contributed by atoms with Gasteiger partial charge in [0, 0.05) is 15.8 Å². The summed E-state index contributed by atoms with van der Waals surface area (Å²) in [7, 11) is -9.78. The predicted molar refractivity (Wildman–Crippen MR) is 138 cm³/mol. The van der Waals surface area contributed by atoms with Crippen molar-refractivity contribution in [3.8, 4) is 11.5 Å². The van der Waals surface area contributed by atoms with Crippen LogP contribution in [0.3, 0.4) is 0 Å². The minimum Gasteiger partial charge on any atom is -0.872 e. The quantitative estimate of drug-likeness (QED) is 0.0391. The Kier molecular flexibility index (Phi) is 14.8. The zero-order valence-corrected chi connectivity index (χ0v) is 28.4. The number of rotatable bonds is 11. The average molecular weight is 673 g/mol. The number of halogens is 2. The number of alkyl halides is 2. The van der Waals surface area contributed by atoms with Gasteiger partial charge in [-0.05, 0) is 17.5 Å². The smallest absolute Gasteiger partial charge is 0.872 e. The Morgan fingerprint density at radius 2 is 1.56 bits per heavy atom. The summed E-state index contributed by atoms with van der Waals surface area (Å²) in [6, 6.07) is 3.54. The van der Waals surface area contributed by atoms with Crippen molar-refractivity contribution in [3.05, 3.63) is 51.6 Å². The van der Waals surface area contributed by atoms with Gasteiger partial charge in [0.1, 0.15) is 17.2 Å². The molecule has 2 aromatic carbocycles. The molecule has 212 valence electrons. The first-order valence-corrected chi connectivity index (χ1v) is 14.3. The van der Waals surface area contributed by atoms with Crippen LogP contribution in [-0.4, -0.2) is 80.6 Å². The third-order valence-electron chi connectivity index (χ3n) is 5.14. The fraction of sp³-hybridized carbons (Fsp3) is 0.300. The van der Waals surface area contributed by atoms with Crippen molar-refractivity contribution in [2.24, 2.45) is 9.98 Å². The SMILES string of the molecule is O=[N+]([O-])c1cccc2c([O-])c3c(c(O)c12)C(=NCC(CCl)O[S+](=O)(O)O)C=CC3=NCC(CCl)OS(=O)(=O)[O-].[Na+].[Na+]. The van der Waals surface area contributed by atoms with Gasteiger partial charge >= 0.3 is 69.9 Å². The summed E-state index contributed by atoms with van der Waals surface area (Å²) >= 11 is 11.3. The number of fused-ring (bicyclic) bond motifs is 2. The number of allylic oxidation sites excluding steroid dienone is 2. The summed E-state index contributed by atoms with van der Waals surface area (Å²) < 4.78 is 70.9. The number of hydrogen-bond acceptors (Lipinski definition) is 12. The molecule has 0 spiro atoms. The number of phenols is 1.